The van der Waals surface area contributed by atoms with Gasteiger partial charge in [0.15, 0.2) is 0 Å². The summed E-state index contributed by atoms with van der Waals surface area (Å²) in [6.07, 6.45) is -0.389. The fraction of sp³-hybridized carbons (Fsp3) is 1.00. The minimum absolute atomic E-state index is 0.0563. The molecule has 1 rings (SSSR count). The molecule has 0 atom stereocenters. The van der Waals surface area contributed by atoms with Gasteiger partial charge in [-0.1, -0.05) is 0 Å². The summed E-state index contributed by atoms with van der Waals surface area (Å²) in [5.41, 5.74) is 0. The second kappa shape index (κ2) is 5.74. The molecule has 1 heterocycles. The number of sulfonamides is 1. The van der Waals surface area contributed by atoms with E-state index < -0.39 is 49.4 Å². The zero-order chi connectivity index (χ0) is 18.5. The van der Waals surface area contributed by atoms with Crippen LogP contribution in [0, 0.1) is 0 Å². The third-order valence-corrected chi connectivity index (χ3v) is 6.46. The summed E-state index contributed by atoms with van der Waals surface area (Å²) in [4.78, 5) is 1.51. The van der Waals surface area contributed by atoms with Gasteiger partial charge in [-0.05, 0) is 7.05 Å². The highest BCUT2D eigenvalue weighted by Crippen LogP contribution is 2.51. The van der Waals surface area contributed by atoms with E-state index in [9.17, 15) is 43.2 Å². The van der Waals surface area contributed by atoms with Crippen molar-refractivity contribution >= 4 is 19.9 Å². The largest absolute Gasteiger partial charge is 0.428 e. The highest BCUT2D eigenvalue weighted by molar-refractivity contribution is 7.92. The summed E-state index contributed by atoms with van der Waals surface area (Å²) < 4.78 is 126. The van der Waals surface area contributed by atoms with Gasteiger partial charge in [0, 0.05) is 32.4 Å². The lowest BCUT2D eigenvalue weighted by Gasteiger charge is -2.37. The molecular weight excluding hydrogens is 378 g/mol. The molecule has 1 fully saturated rings. The second-order valence-electron chi connectivity index (χ2n) is 5.09. The van der Waals surface area contributed by atoms with Crippen LogP contribution in [-0.2, 0) is 19.9 Å². The quantitative estimate of drug-likeness (QED) is 0.635. The van der Waals surface area contributed by atoms with Crippen LogP contribution in [0.1, 0.15) is 0 Å². The lowest BCUT2D eigenvalue weighted by atomic mass is 10.3. The molecule has 0 aromatic heterocycles. The van der Waals surface area contributed by atoms with Gasteiger partial charge in [-0.3, -0.25) is 0 Å². The Morgan fingerprint density at radius 1 is 0.783 bits per heavy atom. The topological polar surface area (TPSA) is 74.8 Å². The number of piperazine rings is 1. The Kier molecular flexibility index (Phi) is 5.10. The molecular formula is C9H14F6N2O4S2. The summed E-state index contributed by atoms with van der Waals surface area (Å²) in [7, 11) is -10.7. The van der Waals surface area contributed by atoms with Gasteiger partial charge in [-0.15, -0.1) is 0 Å². The van der Waals surface area contributed by atoms with Gasteiger partial charge in [0.25, 0.3) is 10.0 Å². The number of halogens is 6. The molecule has 138 valence electrons. The maximum absolute atomic E-state index is 13.7. The average molecular weight is 392 g/mol. The monoisotopic (exact) mass is 392 g/mol. The zero-order valence-electron chi connectivity index (χ0n) is 11.9. The Labute approximate surface area is 129 Å². The normalized spacial score (nSPS) is 20.7. The smallest absolute Gasteiger partial charge is 0.304 e. The fourth-order valence-corrected chi connectivity index (χ4v) is 3.83. The Morgan fingerprint density at radius 3 is 1.52 bits per heavy atom. The second-order valence-corrected chi connectivity index (χ2v) is 9.12. The molecule has 0 N–H and O–H groups in total. The summed E-state index contributed by atoms with van der Waals surface area (Å²) >= 11 is 0. The van der Waals surface area contributed by atoms with Crippen LogP contribution >= 0.6 is 0 Å². The molecule has 6 nitrogen and oxygen atoms in total. The molecule has 0 aliphatic carbocycles. The standard InChI is InChI=1S/C9H14F6N2O4S2/c1-16-3-5-17(6-4-16)23(20,21)9(14,15)7(10,11)8(12,13)22(2,18)19/h3-6H2,1-2H3. The first kappa shape index (κ1) is 20.4. The van der Waals surface area contributed by atoms with Gasteiger partial charge in [0.2, 0.25) is 9.84 Å². The van der Waals surface area contributed by atoms with Gasteiger partial charge < -0.3 is 4.90 Å². The van der Waals surface area contributed by atoms with Crippen LogP contribution in [0.3, 0.4) is 0 Å². The van der Waals surface area contributed by atoms with Crippen molar-refractivity contribution in [3.63, 3.8) is 0 Å². The molecule has 0 bridgehead atoms. The molecule has 23 heavy (non-hydrogen) atoms. The predicted molar refractivity (Wildman–Crippen MR) is 67.7 cm³/mol. The van der Waals surface area contributed by atoms with Crippen LogP contribution in [0.2, 0.25) is 0 Å². The zero-order valence-corrected chi connectivity index (χ0v) is 13.6. The third-order valence-electron chi connectivity index (χ3n) is 3.32. The predicted octanol–water partition coefficient (Wildman–Crippen LogP) is 0.429. The average Bonchev–Trinajstić information content (AvgIpc) is 2.37. The first-order chi connectivity index (χ1) is 10.00. The number of alkyl halides is 6. The van der Waals surface area contributed by atoms with Crippen molar-refractivity contribution in [2.24, 2.45) is 0 Å². The van der Waals surface area contributed by atoms with Crippen LogP contribution in [0.5, 0.6) is 0 Å². The van der Waals surface area contributed by atoms with Gasteiger partial charge >= 0.3 is 16.4 Å². The van der Waals surface area contributed by atoms with E-state index in [4.69, 9.17) is 0 Å². The van der Waals surface area contributed by atoms with Crippen LogP contribution in [-0.4, -0.2) is 82.0 Å². The van der Waals surface area contributed by atoms with Crippen LogP contribution in [0.15, 0.2) is 0 Å². The molecule has 0 aromatic rings. The summed E-state index contributed by atoms with van der Waals surface area (Å²) in [5, 5.41) is -12.6. The van der Waals surface area contributed by atoms with Crippen LogP contribution < -0.4 is 0 Å². The summed E-state index contributed by atoms with van der Waals surface area (Å²) in [5.74, 6) is -6.64. The Morgan fingerprint density at radius 2 is 1.17 bits per heavy atom. The lowest BCUT2D eigenvalue weighted by Crippen LogP contribution is -2.64. The number of hydrogen-bond acceptors (Lipinski definition) is 5. The molecule has 0 unspecified atom stereocenters. The number of nitrogens with zero attached hydrogens (tertiary/aromatic N) is 2. The molecule has 1 aliphatic rings. The SMILES string of the molecule is CN1CCN(S(=O)(=O)C(F)(F)C(F)(F)C(F)(F)S(C)(=O)=O)CC1. The number of likely N-dealkylation sites (N-methyl/N-ethyl adjacent to an activating group) is 1. The van der Waals surface area contributed by atoms with Gasteiger partial charge in [0.1, 0.15) is 0 Å². The molecule has 1 aliphatic heterocycles. The molecule has 0 radical (unpaired) electrons. The lowest BCUT2D eigenvalue weighted by molar-refractivity contribution is -0.244. The first-order valence-electron chi connectivity index (χ1n) is 6.01. The highest BCUT2D eigenvalue weighted by atomic mass is 32.2. The van der Waals surface area contributed by atoms with E-state index in [2.05, 4.69) is 0 Å². The molecule has 0 amide bonds. The van der Waals surface area contributed by atoms with Crippen LogP contribution in [0.25, 0.3) is 0 Å². The van der Waals surface area contributed by atoms with Gasteiger partial charge in [-0.25, -0.2) is 16.8 Å². The molecule has 0 spiro atoms. The van der Waals surface area contributed by atoms with Crippen LogP contribution in [0.4, 0.5) is 26.3 Å². The molecule has 14 heteroatoms. The number of hydrogen-bond donors (Lipinski definition) is 0. The molecule has 0 aromatic carbocycles. The summed E-state index contributed by atoms with van der Waals surface area (Å²) in [6, 6.07) is 0. The molecule has 1 saturated heterocycles. The molecule has 0 saturated carbocycles. The van der Waals surface area contributed by atoms with E-state index >= 15 is 0 Å². The van der Waals surface area contributed by atoms with E-state index in [0.717, 1.165) is 0 Å². The number of rotatable bonds is 5. The fourth-order valence-electron chi connectivity index (χ4n) is 1.75. The Hall–Kier alpha value is -0.600. The van der Waals surface area contributed by atoms with Crippen molar-refractivity contribution in [2.45, 2.75) is 16.4 Å². The van der Waals surface area contributed by atoms with Crippen molar-refractivity contribution in [3.05, 3.63) is 0 Å². The minimum atomic E-state index is -6.64. The van der Waals surface area contributed by atoms with E-state index in [1.54, 1.807) is 0 Å². The maximum Gasteiger partial charge on any atom is 0.428 e. The number of sulfone groups is 1. The maximum atomic E-state index is 13.7. The van der Waals surface area contributed by atoms with Crippen molar-refractivity contribution < 1.29 is 43.2 Å². The van der Waals surface area contributed by atoms with Crippen molar-refractivity contribution in [1.82, 2.24) is 9.21 Å². The highest BCUT2D eigenvalue weighted by Gasteiger charge is 2.81. The first-order valence-corrected chi connectivity index (χ1v) is 9.34. The van der Waals surface area contributed by atoms with Crippen molar-refractivity contribution in [2.75, 3.05) is 39.5 Å². The van der Waals surface area contributed by atoms with E-state index in [-0.39, 0.29) is 23.7 Å². The Bertz CT molecular complexity index is 656. The van der Waals surface area contributed by atoms with E-state index in [1.165, 1.54) is 11.9 Å². The summed E-state index contributed by atoms with van der Waals surface area (Å²) in [6.45, 7) is -1.39. The van der Waals surface area contributed by atoms with Crippen molar-refractivity contribution in [3.8, 4) is 0 Å². The van der Waals surface area contributed by atoms with Gasteiger partial charge in [-0.2, -0.15) is 30.6 Å². The third kappa shape index (κ3) is 3.05. The van der Waals surface area contributed by atoms with E-state index in [0.29, 0.717) is 0 Å². The Balaban J connectivity index is 3.33. The van der Waals surface area contributed by atoms with E-state index in [1.807, 2.05) is 0 Å². The minimum Gasteiger partial charge on any atom is -0.304 e. The van der Waals surface area contributed by atoms with Crippen molar-refractivity contribution in [1.29, 1.82) is 0 Å². The van der Waals surface area contributed by atoms with Gasteiger partial charge in [0.05, 0.1) is 0 Å².